The average molecular weight is 546 g/mol. The molecule has 6 rings (SSSR count). The lowest BCUT2D eigenvalue weighted by Gasteiger charge is -2.42. The largest absolute Gasteiger partial charge is 0.490 e. The second-order valence-corrected chi connectivity index (χ2v) is 11.5. The first-order chi connectivity index (χ1) is 19.4. The van der Waals surface area contributed by atoms with Gasteiger partial charge in [0, 0.05) is 36.3 Å². The van der Waals surface area contributed by atoms with Gasteiger partial charge in [0.2, 0.25) is 5.89 Å². The highest BCUT2D eigenvalue weighted by molar-refractivity contribution is 5.84. The van der Waals surface area contributed by atoms with Gasteiger partial charge in [-0.05, 0) is 76.3 Å². The van der Waals surface area contributed by atoms with Crippen LogP contribution in [-0.2, 0) is 9.47 Å². The van der Waals surface area contributed by atoms with E-state index in [4.69, 9.17) is 23.6 Å². The Balaban J connectivity index is 1.37. The third-order valence-electron chi connectivity index (χ3n) is 8.32. The number of amides is 1. The van der Waals surface area contributed by atoms with Gasteiger partial charge >= 0.3 is 6.09 Å². The van der Waals surface area contributed by atoms with Crippen LogP contribution in [0.25, 0.3) is 0 Å². The normalized spacial score (nSPS) is 21.3. The highest BCUT2D eigenvalue weighted by Gasteiger charge is 2.47. The second kappa shape index (κ2) is 11.2. The fourth-order valence-electron chi connectivity index (χ4n) is 6.02. The van der Waals surface area contributed by atoms with Crippen LogP contribution < -0.4 is 15.0 Å². The molecule has 1 aromatic heterocycles. The standard InChI is InChI=1S/C32H39N3O5/c1-19(2)38-32(36)34-23-10-8-22(9-11-23)30-29(31-33-20(3)21(4)39-31)27-13-12-26(40-25-14-16-37-17-15-25)18-28(27)35(30)24-6-5-7-24/h8-13,18-19,24-25,29-30H,5-7,14-17H2,1-4H3,(H,34,36). The number of ether oxygens (including phenoxy) is 3. The van der Waals surface area contributed by atoms with Crippen LogP contribution in [0.3, 0.4) is 0 Å². The van der Waals surface area contributed by atoms with Gasteiger partial charge in [0.05, 0.1) is 37.0 Å². The number of carbonyl (C=O) groups is 1. The minimum atomic E-state index is -0.451. The number of aromatic nitrogens is 1. The number of hydrogen-bond acceptors (Lipinski definition) is 7. The summed E-state index contributed by atoms with van der Waals surface area (Å²) < 4.78 is 23.5. The van der Waals surface area contributed by atoms with Crippen molar-refractivity contribution in [2.45, 2.75) is 90.0 Å². The summed E-state index contributed by atoms with van der Waals surface area (Å²) >= 11 is 0. The topological polar surface area (TPSA) is 86.1 Å². The molecule has 1 aliphatic carbocycles. The highest BCUT2D eigenvalue weighted by atomic mass is 16.6. The molecular weight excluding hydrogens is 506 g/mol. The van der Waals surface area contributed by atoms with Crippen LogP contribution >= 0.6 is 0 Å². The van der Waals surface area contributed by atoms with Crippen LogP contribution in [0, 0.1) is 13.8 Å². The first kappa shape index (κ1) is 26.7. The lowest BCUT2D eigenvalue weighted by molar-refractivity contribution is 0.0256. The maximum atomic E-state index is 12.2. The molecule has 3 heterocycles. The number of nitrogens with zero attached hydrogens (tertiary/aromatic N) is 2. The Kier molecular flexibility index (Phi) is 7.45. The van der Waals surface area contributed by atoms with Gasteiger partial charge in [0.25, 0.3) is 0 Å². The molecule has 8 heteroatoms. The third kappa shape index (κ3) is 5.29. The van der Waals surface area contributed by atoms with Gasteiger partial charge in [0.1, 0.15) is 17.6 Å². The van der Waals surface area contributed by atoms with Crippen molar-refractivity contribution in [3.8, 4) is 5.75 Å². The smallest absolute Gasteiger partial charge is 0.411 e. The van der Waals surface area contributed by atoms with Crippen LogP contribution in [0.5, 0.6) is 5.75 Å². The van der Waals surface area contributed by atoms with Crippen molar-refractivity contribution < 1.29 is 23.4 Å². The van der Waals surface area contributed by atoms with E-state index in [1.807, 2.05) is 39.8 Å². The van der Waals surface area contributed by atoms with E-state index >= 15 is 0 Å². The molecule has 1 amide bonds. The lowest BCUT2D eigenvalue weighted by Crippen LogP contribution is -2.41. The van der Waals surface area contributed by atoms with Crippen molar-refractivity contribution in [3.05, 3.63) is 70.9 Å². The molecule has 2 unspecified atom stereocenters. The van der Waals surface area contributed by atoms with Gasteiger partial charge in [-0.15, -0.1) is 0 Å². The number of nitrogens with one attached hydrogen (secondary N) is 1. The van der Waals surface area contributed by atoms with Gasteiger partial charge in [-0.1, -0.05) is 18.2 Å². The molecule has 0 bridgehead atoms. The van der Waals surface area contributed by atoms with Crippen molar-refractivity contribution in [3.63, 3.8) is 0 Å². The molecule has 2 aliphatic heterocycles. The predicted octanol–water partition coefficient (Wildman–Crippen LogP) is 7.05. The van der Waals surface area contributed by atoms with Gasteiger partial charge in [-0.3, -0.25) is 5.32 Å². The fourth-order valence-corrected chi connectivity index (χ4v) is 6.02. The molecule has 40 heavy (non-hydrogen) atoms. The summed E-state index contributed by atoms with van der Waals surface area (Å²) in [5, 5.41) is 2.83. The van der Waals surface area contributed by atoms with Gasteiger partial charge in [-0.25, -0.2) is 9.78 Å². The number of hydrogen-bond donors (Lipinski definition) is 1. The lowest BCUT2D eigenvalue weighted by atomic mass is 9.86. The molecule has 0 radical (unpaired) electrons. The summed E-state index contributed by atoms with van der Waals surface area (Å²) in [4.78, 5) is 19.6. The predicted molar refractivity (Wildman–Crippen MR) is 153 cm³/mol. The Bertz CT molecular complexity index is 1320. The minimum absolute atomic E-state index is 0.00717. The molecule has 2 atom stereocenters. The van der Waals surface area contributed by atoms with E-state index in [1.54, 1.807) is 0 Å². The Morgan fingerprint density at radius 3 is 2.42 bits per heavy atom. The van der Waals surface area contributed by atoms with E-state index in [0.29, 0.717) is 11.7 Å². The number of oxazole rings is 1. The van der Waals surface area contributed by atoms with E-state index in [0.717, 1.165) is 67.6 Å². The maximum absolute atomic E-state index is 12.2. The zero-order chi connectivity index (χ0) is 27.8. The summed E-state index contributed by atoms with van der Waals surface area (Å²) in [5.74, 6) is 2.42. The molecule has 212 valence electrons. The first-order valence-electron chi connectivity index (χ1n) is 14.6. The Labute approximate surface area is 236 Å². The summed E-state index contributed by atoms with van der Waals surface area (Å²) in [6, 6.07) is 15.0. The highest BCUT2D eigenvalue weighted by Crippen LogP contribution is 2.55. The fraction of sp³-hybridized carbons (Fsp3) is 0.500. The number of carbonyl (C=O) groups excluding carboxylic acids is 1. The van der Waals surface area contributed by atoms with Crippen LogP contribution in [0.4, 0.5) is 16.2 Å². The average Bonchev–Trinajstić information content (AvgIpc) is 3.40. The number of anilines is 2. The van der Waals surface area contributed by atoms with E-state index in [-0.39, 0.29) is 24.2 Å². The van der Waals surface area contributed by atoms with E-state index in [2.05, 4.69) is 40.5 Å². The van der Waals surface area contributed by atoms with Gasteiger partial charge in [0.15, 0.2) is 0 Å². The van der Waals surface area contributed by atoms with Crippen molar-refractivity contribution >= 4 is 17.5 Å². The van der Waals surface area contributed by atoms with Gasteiger partial charge < -0.3 is 23.5 Å². The zero-order valence-corrected chi connectivity index (χ0v) is 23.8. The van der Waals surface area contributed by atoms with E-state index in [9.17, 15) is 4.79 Å². The van der Waals surface area contributed by atoms with Crippen molar-refractivity contribution in [1.82, 2.24) is 4.98 Å². The van der Waals surface area contributed by atoms with Crippen LogP contribution in [0.1, 0.15) is 86.4 Å². The second-order valence-electron chi connectivity index (χ2n) is 11.5. The molecule has 3 aromatic rings. The molecule has 1 N–H and O–H groups in total. The summed E-state index contributed by atoms with van der Waals surface area (Å²) in [5.41, 5.74) is 5.17. The first-order valence-corrected chi connectivity index (χ1v) is 14.6. The summed E-state index contributed by atoms with van der Waals surface area (Å²) in [6.45, 7) is 9.14. The Morgan fingerprint density at radius 1 is 1.05 bits per heavy atom. The SMILES string of the molecule is Cc1nc(C2c3ccc(OC4CCOCC4)cc3N(C3CCC3)C2c2ccc(NC(=O)OC(C)C)cc2)oc1C. The third-order valence-corrected chi connectivity index (χ3v) is 8.32. The van der Waals surface area contributed by atoms with Gasteiger partial charge in [-0.2, -0.15) is 0 Å². The Hall–Kier alpha value is -3.52. The molecule has 2 fully saturated rings. The summed E-state index contributed by atoms with van der Waals surface area (Å²) in [6.07, 6.45) is 4.90. The molecule has 2 aromatic carbocycles. The Morgan fingerprint density at radius 2 is 1.80 bits per heavy atom. The van der Waals surface area contributed by atoms with Crippen molar-refractivity contribution in [2.75, 3.05) is 23.4 Å². The van der Waals surface area contributed by atoms with Crippen LogP contribution in [0.15, 0.2) is 46.9 Å². The number of fused-ring (bicyclic) bond motifs is 1. The van der Waals surface area contributed by atoms with Crippen LogP contribution in [0.2, 0.25) is 0 Å². The number of rotatable bonds is 7. The molecule has 1 saturated carbocycles. The van der Waals surface area contributed by atoms with Crippen molar-refractivity contribution in [1.29, 1.82) is 0 Å². The van der Waals surface area contributed by atoms with E-state index in [1.165, 1.54) is 17.7 Å². The molecular formula is C32H39N3O5. The van der Waals surface area contributed by atoms with Crippen molar-refractivity contribution in [2.24, 2.45) is 0 Å². The quantitative estimate of drug-likeness (QED) is 0.340. The number of aryl methyl sites for hydroxylation is 2. The molecule has 0 spiro atoms. The molecule has 8 nitrogen and oxygen atoms in total. The monoisotopic (exact) mass is 545 g/mol. The minimum Gasteiger partial charge on any atom is -0.490 e. The van der Waals surface area contributed by atoms with Crippen LogP contribution in [-0.4, -0.2) is 42.5 Å². The molecule has 3 aliphatic rings. The molecule has 1 saturated heterocycles. The summed E-state index contributed by atoms with van der Waals surface area (Å²) in [7, 11) is 0. The maximum Gasteiger partial charge on any atom is 0.411 e. The number of benzene rings is 2. The van der Waals surface area contributed by atoms with E-state index < -0.39 is 6.09 Å². The zero-order valence-electron chi connectivity index (χ0n) is 23.8.